The highest BCUT2D eigenvalue weighted by molar-refractivity contribution is 5.78. The van der Waals surface area contributed by atoms with Gasteiger partial charge in [0.05, 0.1) is 79.4 Å². The molecule has 0 saturated carbocycles. The van der Waals surface area contributed by atoms with Crippen LogP contribution in [0.2, 0.25) is 0 Å². The summed E-state index contributed by atoms with van der Waals surface area (Å²) < 4.78 is 31.0. The van der Waals surface area contributed by atoms with Crippen molar-refractivity contribution in [1.82, 2.24) is 25.9 Å². The summed E-state index contributed by atoms with van der Waals surface area (Å²) in [5.74, 6) is -0.357. The van der Waals surface area contributed by atoms with Gasteiger partial charge in [-0.3, -0.25) is 24.5 Å². The maximum atomic E-state index is 13.6. The first-order valence-corrected chi connectivity index (χ1v) is 23.2. The zero-order valence-corrected chi connectivity index (χ0v) is 41.3. The summed E-state index contributed by atoms with van der Waals surface area (Å²) >= 11 is 0. The summed E-state index contributed by atoms with van der Waals surface area (Å²) in [7, 11) is 0. The average Bonchev–Trinajstić information content (AvgIpc) is 3.33. The van der Waals surface area contributed by atoms with E-state index in [1.54, 1.807) is 9.96 Å². The topological polar surface area (TPSA) is 195 Å². The molecular weight excluding hydrogens is 797 g/mol. The molecular formula is C46H90N6O10. The molecule has 2 aliphatic rings. The highest BCUT2D eigenvalue weighted by Gasteiger charge is 2.47. The lowest BCUT2D eigenvalue weighted by Gasteiger charge is -2.37. The second kappa shape index (κ2) is 25.1. The van der Waals surface area contributed by atoms with E-state index < -0.39 is 34.2 Å². The Morgan fingerprint density at radius 2 is 1.23 bits per heavy atom. The number of carbonyl (C=O) groups is 3. The van der Waals surface area contributed by atoms with E-state index in [0.29, 0.717) is 58.5 Å². The van der Waals surface area contributed by atoms with E-state index in [1.807, 2.05) is 90.0 Å². The molecule has 2 unspecified atom stereocenters. The molecule has 4 atom stereocenters. The minimum atomic E-state index is -0.805. The van der Waals surface area contributed by atoms with Crippen molar-refractivity contribution in [3.05, 3.63) is 0 Å². The summed E-state index contributed by atoms with van der Waals surface area (Å²) in [6.07, 6.45) is 3.15. The molecule has 62 heavy (non-hydrogen) atoms. The second-order valence-corrected chi connectivity index (χ2v) is 21.1. The summed E-state index contributed by atoms with van der Waals surface area (Å²) in [5, 5.41) is 22.3. The first kappa shape index (κ1) is 56.1. The largest absolute Gasteiger partial charge is 0.376 e. The number of aliphatic hydroxyl groups excluding tert-OH is 1. The molecule has 364 valence electrons. The number of fused-ring (bicyclic) bond motifs is 1. The molecule has 0 spiro atoms. The minimum Gasteiger partial charge on any atom is -0.376 e. The predicted octanol–water partition coefficient (Wildman–Crippen LogP) is 5.00. The van der Waals surface area contributed by atoms with Gasteiger partial charge in [-0.05, 0) is 128 Å². The SMILES string of the molecule is C[C@@H]1C(O)N2OC(C)(C)CCOC(C)(C)CCC(=O)NCCN(C(=O)CCOC(C)(C)CCOC(C)(C)CCN)CCNC(=O)CCC(C)(C)OCCC(C)(C)OCNC2[C@@H]1C. The van der Waals surface area contributed by atoms with Crippen molar-refractivity contribution in [2.45, 2.75) is 201 Å². The molecule has 2 saturated heterocycles. The molecule has 16 nitrogen and oxygen atoms in total. The first-order valence-electron chi connectivity index (χ1n) is 23.2. The van der Waals surface area contributed by atoms with Crippen molar-refractivity contribution >= 4 is 17.7 Å². The van der Waals surface area contributed by atoms with Crippen molar-refractivity contribution < 1.29 is 48.0 Å². The van der Waals surface area contributed by atoms with Gasteiger partial charge in [0.2, 0.25) is 17.7 Å². The Morgan fingerprint density at radius 3 is 1.76 bits per heavy atom. The zero-order chi connectivity index (χ0) is 47.0. The van der Waals surface area contributed by atoms with Gasteiger partial charge in [0, 0.05) is 51.4 Å². The second-order valence-electron chi connectivity index (χ2n) is 21.1. The van der Waals surface area contributed by atoms with Crippen molar-refractivity contribution in [3.63, 3.8) is 0 Å². The summed E-state index contributed by atoms with van der Waals surface area (Å²) in [6.45, 7) is 31.4. The third kappa shape index (κ3) is 21.8. The molecule has 2 fully saturated rings. The van der Waals surface area contributed by atoms with Gasteiger partial charge in [-0.2, -0.15) is 0 Å². The highest BCUT2D eigenvalue weighted by Crippen LogP contribution is 2.36. The number of hydrogen-bond acceptors (Lipinski definition) is 13. The Kier molecular flexibility index (Phi) is 22.7. The van der Waals surface area contributed by atoms with E-state index in [4.69, 9.17) is 34.3 Å². The third-order valence-corrected chi connectivity index (χ3v) is 12.3. The smallest absolute Gasteiger partial charge is 0.225 e. The number of rotatable bonds is 10. The average molecular weight is 887 g/mol. The van der Waals surface area contributed by atoms with E-state index in [-0.39, 0.29) is 100 Å². The molecule has 0 aromatic heterocycles. The summed E-state index contributed by atoms with van der Waals surface area (Å²) in [5.41, 5.74) is 2.60. The summed E-state index contributed by atoms with van der Waals surface area (Å²) in [4.78, 5) is 47.7. The third-order valence-electron chi connectivity index (χ3n) is 12.3. The van der Waals surface area contributed by atoms with E-state index >= 15 is 0 Å². The van der Waals surface area contributed by atoms with Crippen LogP contribution in [0.15, 0.2) is 0 Å². The fourth-order valence-electron chi connectivity index (χ4n) is 7.26. The number of nitrogens with two attached hydrogens (primary N) is 1. The number of nitrogens with zero attached hydrogens (tertiary/aromatic N) is 2. The fraction of sp³-hybridized carbons (Fsp3) is 0.935. The van der Waals surface area contributed by atoms with Crippen LogP contribution >= 0.6 is 0 Å². The van der Waals surface area contributed by atoms with Gasteiger partial charge >= 0.3 is 0 Å². The van der Waals surface area contributed by atoms with E-state index in [9.17, 15) is 19.5 Å². The number of amides is 3. The number of nitrogens with one attached hydrogen (secondary N) is 3. The summed E-state index contributed by atoms with van der Waals surface area (Å²) in [6, 6.07) is 0. The van der Waals surface area contributed by atoms with Crippen LogP contribution in [0, 0.1) is 11.8 Å². The first-order chi connectivity index (χ1) is 28.6. The van der Waals surface area contributed by atoms with Gasteiger partial charge in [-0.15, -0.1) is 5.06 Å². The van der Waals surface area contributed by atoms with Crippen LogP contribution in [-0.4, -0.2) is 145 Å². The molecule has 16 heteroatoms. The molecule has 2 heterocycles. The normalized spacial score (nSPS) is 27.5. The highest BCUT2D eigenvalue weighted by atomic mass is 16.7. The Bertz CT molecular complexity index is 1360. The van der Waals surface area contributed by atoms with E-state index in [2.05, 4.69) is 22.9 Å². The van der Waals surface area contributed by atoms with E-state index in [0.717, 1.165) is 6.42 Å². The van der Waals surface area contributed by atoms with Crippen LogP contribution in [0.4, 0.5) is 0 Å². The molecule has 0 radical (unpaired) electrons. The Morgan fingerprint density at radius 1 is 0.742 bits per heavy atom. The maximum Gasteiger partial charge on any atom is 0.225 e. The number of aliphatic hydroxyl groups is 1. The quantitative estimate of drug-likeness (QED) is 0.197. The molecule has 3 amide bonds. The monoisotopic (exact) mass is 887 g/mol. The lowest BCUT2D eigenvalue weighted by molar-refractivity contribution is -0.306. The lowest BCUT2D eigenvalue weighted by atomic mass is 9.97. The maximum absolute atomic E-state index is 13.6. The number of carbonyl (C=O) groups excluding carboxylic acids is 3. The van der Waals surface area contributed by atoms with Gasteiger partial charge in [-0.25, -0.2) is 0 Å². The van der Waals surface area contributed by atoms with Gasteiger partial charge in [0.25, 0.3) is 0 Å². The molecule has 0 aliphatic carbocycles. The lowest BCUT2D eigenvalue weighted by Crippen LogP contribution is -2.51. The van der Waals surface area contributed by atoms with Crippen molar-refractivity contribution in [3.8, 4) is 0 Å². The molecule has 0 aromatic rings. The van der Waals surface area contributed by atoms with Crippen LogP contribution < -0.4 is 21.7 Å². The zero-order valence-electron chi connectivity index (χ0n) is 41.3. The molecule has 0 bridgehead atoms. The van der Waals surface area contributed by atoms with Crippen molar-refractivity contribution in [2.24, 2.45) is 17.6 Å². The van der Waals surface area contributed by atoms with Crippen molar-refractivity contribution in [1.29, 1.82) is 0 Å². The predicted molar refractivity (Wildman–Crippen MR) is 242 cm³/mol. The fourth-order valence-corrected chi connectivity index (χ4v) is 7.26. The standard InChI is InChI=1S/C46H90N6O10/c1-34-35(2)40(56)52-39(34)50-33-61-45(11,12)22-31-58-41(3,4)18-15-36(53)48-25-27-51(38(55)17-29-57-44(9,10)21-30-60-43(7,8)20-24-47)28-26-49-37(54)16-19-42(5,6)59-32-23-46(13,14)62-52/h34-35,39-40,50,56H,15-33,47H2,1-14H3,(H,48,53)(H,49,54)/t34-,35+,39?,40?/m1/s1. The van der Waals surface area contributed by atoms with Gasteiger partial charge in [-0.1, -0.05) is 13.8 Å². The Hall–Kier alpha value is -1.99. The molecule has 2 aliphatic heterocycles. The minimum absolute atomic E-state index is 0.0403. The molecule has 2 rings (SSSR count). The van der Waals surface area contributed by atoms with Crippen LogP contribution in [0.25, 0.3) is 0 Å². The van der Waals surface area contributed by atoms with Crippen LogP contribution in [-0.2, 0) is 42.9 Å². The van der Waals surface area contributed by atoms with E-state index in [1.165, 1.54) is 0 Å². The Labute approximate surface area is 375 Å². The Balaban J connectivity index is 2.12. The molecule has 6 N–H and O–H groups in total. The number of ether oxygens (including phenoxy) is 5. The van der Waals surface area contributed by atoms with Crippen LogP contribution in [0.3, 0.4) is 0 Å². The van der Waals surface area contributed by atoms with Gasteiger partial charge in [0.15, 0.2) is 0 Å². The van der Waals surface area contributed by atoms with Crippen LogP contribution in [0.1, 0.15) is 155 Å². The number of hydrogen-bond donors (Lipinski definition) is 5. The van der Waals surface area contributed by atoms with Crippen LogP contribution in [0.5, 0.6) is 0 Å². The van der Waals surface area contributed by atoms with Gasteiger partial charge < -0.3 is 50.1 Å². The van der Waals surface area contributed by atoms with Gasteiger partial charge in [0.1, 0.15) is 6.23 Å². The van der Waals surface area contributed by atoms with Crippen molar-refractivity contribution in [2.75, 3.05) is 65.9 Å². The molecule has 0 aromatic carbocycles. The number of hydroxylamine groups is 2.